The zero-order valence-electron chi connectivity index (χ0n) is 15.3. The van der Waals surface area contributed by atoms with Crippen molar-refractivity contribution >= 4 is 32.7 Å². The van der Waals surface area contributed by atoms with E-state index in [4.69, 9.17) is 4.74 Å². The van der Waals surface area contributed by atoms with Crippen molar-refractivity contribution in [1.29, 1.82) is 0 Å². The highest BCUT2D eigenvalue weighted by atomic mass is 79.9. The molecule has 144 valence electrons. The summed E-state index contributed by atoms with van der Waals surface area (Å²) >= 11 is 3.55. The van der Waals surface area contributed by atoms with Gasteiger partial charge in [-0.15, -0.1) is 0 Å². The number of nitrogens with one attached hydrogen (secondary N) is 2. The van der Waals surface area contributed by atoms with Crippen LogP contribution in [0.5, 0.6) is 0 Å². The van der Waals surface area contributed by atoms with Crippen molar-refractivity contribution in [3.63, 3.8) is 0 Å². The maximum Gasteiger partial charge on any atom is 0.252 e. The predicted molar refractivity (Wildman–Crippen MR) is 113 cm³/mol. The number of H-pyrrole nitrogens is 1. The largest absolute Gasteiger partial charge is 0.381 e. The number of aromatic nitrogens is 1. The minimum atomic E-state index is -0.281. The van der Waals surface area contributed by atoms with Gasteiger partial charge in [-0.05, 0) is 36.6 Å². The van der Waals surface area contributed by atoms with E-state index in [1.807, 2.05) is 30.3 Å². The van der Waals surface area contributed by atoms with Gasteiger partial charge in [0.15, 0.2) is 0 Å². The molecule has 1 aromatic heterocycles. The van der Waals surface area contributed by atoms with Gasteiger partial charge >= 0.3 is 0 Å². The van der Waals surface area contributed by atoms with Gasteiger partial charge in [-0.25, -0.2) is 0 Å². The summed E-state index contributed by atoms with van der Waals surface area (Å²) in [4.78, 5) is 27.7. The van der Waals surface area contributed by atoms with Crippen molar-refractivity contribution < 1.29 is 9.53 Å². The Morgan fingerprint density at radius 1 is 1.11 bits per heavy atom. The molecule has 2 aromatic carbocycles. The van der Waals surface area contributed by atoms with E-state index in [1.165, 1.54) is 11.6 Å². The van der Waals surface area contributed by atoms with E-state index < -0.39 is 0 Å². The molecule has 2 N–H and O–H groups in total. The van der Waals surface area contributed by atoms with Crippen LogP contribution in [-0.4, -0.2) is 30.6 Å². The Balaban J connectivity index is 1.63. The Bertz CT molecular complexity index is 1070. The molecule has 6 heteroatoms. The maximum atomic E-state index is 13.0. The molecule has 0 aliphatic carbocycles. The van der Waals surface area contributed by atoms with Gasteiger partial charge in [0.2, 0.25) is 5.56 Å². The minimum absolute atomic E-state index is 0.186. The molecule has 28 heavy (non-hydrogen) atoms. The fraction of sp³-hybridized carbons (Fsp3) is 0.273. The summed E-state index contributed by atoms with van der Waals surface area (Å²) < 4.78 is 6.59. The minimum Gasteiger partial charge on any atom is -0.381 e. The smallest absolute Gasteiger partial charge is 0.252 e. The van der Waals surface area contributed by atoms with Gasteiger partial charge in [0.05, 0.1) is 5.56 Å². The van der Waals surface area contributed by atoms with Crippen LogP contribution in [0.25, 0.3) is 10.9 Å². The second kappa shape index (κ2) is 7.89. The third kappa shape index (κ3) is 3.75. The summed E-state index contributed by atoms with van der Waals surface area (Å²) in [5.74, 6) is -0.233. The number of rotatable bonds is 4. The molecule has 0 atom stereocenters. The maximum absolute atomic E-state index is 13.0. The molecule has 1 amide bonds. The molecule has 0 radical (unpaired) electrons. The highest BCUT2D eigenvalue weighted by molar-refractivity contribution is 9.10. The Kier molecular flexibility index (Phi) is 5.33. The van der Waals surface area contributed by atoms with Crippen molar-refractivity contribution in [2.45, 2.75) is 18.3 Å². The molecule has 0 spiro atoms. The number of aromatic amines is 1. The number of hydrogen-bond donors (Lipinski definition) is 2. The molecule has 2 heterocycles. The lowest BCUT2D eigenvalue weighted by atomic mass is 9.74. The molecule has 3 aromatic rings. The monoisotopic (exact) mass is 440 g/mol. The lowest BCUT2D eigenvalue weighted by Crippen LogP contribution is -2.44. The Morgan fingerprint density at radius 2 is 1.89 bits per heavy atom. The first-order valence-electron chi connectivity index (χ1n) is 9.31. The number of halogens is 1. The van der Waals surface area contributed by atoms with Crippen LogP contribution in [0.15, 0.2) is 63.9 Å². The molecule has 1 aliphatic rings. The molecule has 0 unspecified atom stereocenters. The molecule has 1 saturated heterocycles. The topological polar surface area (TPSA) is 71.2 Å². The van der Waals surface area contributed by atoms with Crippen molar-refractivity contribution in [3.05, 3.63) is 80.6 Å². The zero-order chi connectivity index (χ0) is 19.6. The van der Waals surface area contributed by atoms with Gasteiger partial charge in [-0.3, -0.25) is 9.59 Å². The van der Waals surface area contributed by atoms with E-state index in [-0.39, 0.29) is 16.9 Å². The van der Waals surface area contributed by atoms with Gasteiger partial charge in [0.25, 0.3) is 5.91 Å². The fourth-order valence-electron chi connectivity index (χ4n) is 3.89. The van der Waals surface area contributed by atoms with Crippen molar-refractivity contribution in [1.82, 2.24) is 10.3 Å². The van der Waals surface area contributed by atoms with E-state index in [0.717, 1.165) is 22.7 Å². The first kappa shape index (κ1) is 18.9. The average Bonchev–Trinajstić information content (AvgIpc) is 2.72. The normalized spacial score (nSPS) is 16.0. The summed E-state index contributed by atoms with van der Waals surface area (Å²) in [7, 11) is 0. The molecule has 5 nitrogen and oxygen atoms in total. The Labute approximate surface area is 171 Å². The van der Waals surface area contributed by atoms with Gasteiger partial charge in [0, 0.05) is 46.6 Å². The first-order valence-corrected chi connectivity index (χ1v) is 10.1. The molecular formula is C22H21BrN2O3. The van der Waals surface area contributed by atoms with Gasteiger partial charge in [0.1, 0.15) is 0 Å². The van der Waals surface area contributed by atoms with Crippen LogP contribution in [0.4, 0.5) is 0 Å². The number of carbonyl (C=O) groups is 1. The van der Waals surface area contributed by atoms with E-state index in [0.29, 0.717) is 30.8 Å². The standard InChI is InChI=1S/C22H21BrN2O3/c23-16-5-3-4-15(12-16)22(8-10-28-11-9-22)14-24-21(27)18-13-20(26)25-19-7-2-1-6-17(18)19/h1-7,12-13H,8-11,14H2,(H,24,27)(H,25,26). The number of pyridine rings is 1. The third-order valence-electron chi connectivity index (χ3n) is 5.47. The fourth-order valence-corrected chi connectivity index (χ4v) is 4.28. The van der Waals surface area contributed by atoms with Gasteiger partial charge in [-0.2, -0.15) is 0 Å². The summed E-state index contributed by atoms with van der Waals surface area (Å²) in [6, 6.07) is 16.9. The van der Waals surface area contributed by atoms with Gasteiger partial charge < -0.3 is 15.0 Å². The average molecular weight is 441 g/mol. The van der Waals surface area contributed by atoms with Crippen molar-refractivity contribution in [2.75, 3.05) is 19.8 Å². The summed E-state index contributed by atoms with van der Waals surface area (Å²) in [5, 5.41) is 3.82. The predicted octanol–water partition coefficient (Wildman–Crippen LogP) is 3.77. The lowest BCUT2D eigenvalue weighted by molar-refractivity contribution is 0.0487. The first-order chi connectivity index (χ1) is 13.6. The molecule has 0 bridgehead atoms. The summed E-state index contributed by atoms with van der Waals surface area (Å²) in [6.07, 6.45) is 1.67. The van der Waals surface area contributed by atoms with Crippen LogP contribution in [-0.2, 0) is 10.2 Å². The molecule has 1 aliphatic heterocycles. The third-order valence-corrected chi connectivity index (χ3v) is 5.96. The zero-order valence-corrected chi connectivity index (χ0v) is 16.9. The molecule has 1 fully saturated rings. The number of ether oxygens (including phenoxy) is 1. The number of amides is 1. The van der Waals surface area contributed by atoms with E-state index in [2.05, 4.69) is 38.4 Å². The number of hydrogen-bond acceptors (Lipinski definition) is 3. The Morgan fingerprint density at radius 3 is 2.68 bits per heavy atom. The van der Waals surface area contributed by atoms with Crippen LogP contribution in [0.2, 0.25) is 0 Å². The molecule has 0 saturated carbocycles. The van der Waals surface area contributed by atoms with Crippen LogP contribution in [0.1, 0.15) is 28.8 Å². The highest BCUT2D eigenvalue weighted by Gasteiger charge is 2.35. The number of fused-ring (bicyclic) bond motifs is 1. The van der Waals surface area contributed by atoms with Crippen molar-refractivity contribution in [2.24, 2.45) is 0 Å². The van der Waals surface area contributed by atoms with Crippen LogP contribution >= 0.6 is 15.9 Å². The number of benzene rings is 2. The van der Waals surface area contributed by atoms with E-state index in [1.54, 1.807) is 6.07 Å². The van der Waals surface area contributed by atoms with Crippen molar-refractivity contribution in [3.8, 4) is 0 Å². The van der Waals surface area contributed by atoms with E-state index in [9.17, 15) is 9.59 Å². The number of carbonyl (C=O) groups excluding carboxylic acids is 1. The highest BCUT2D eigenvalue weighted by Crippen LogP contribution is 2.35. The second-order valence-corrected chi connectivity index (χ2v) is 8.09. The quantitative estimate of drug-likeness (QED) is 0.648. The molecular weight excluding hydrogens is 420 g/mol. The van der Waals surface area contributed by atoms with Gasteiger partial charge in [-0.1, -0.05) is 46.3 Å². The number of para-hydroxylation sites is 1. The second-order valence-electron chi connectivity index (χ2n) is 7.18. The van der Waals surface area contributed by atoms with Crippen LogP contribution in [0, 0.1) is 0 Å². The molecule has 4 rings (SSSR count). The van der Waals surface area contributed by atoms with Crippen LogP contribution < -0.4 is 10.9 Å². The SMILES string of the molecule is O=C(NCC1(c2cccc(Br)c2)CCOCC1)c1cc(=O)[nH]c2ccccc12. The lowest BCUT2D eigenvalue weighted by Gasteiger charge is -2.38. The van der Waals surface area contributed by atoms with E-state index >= 15 is 0 Å². The summed E-state index contributed by atoms with van der Waals surface area (Å²) in [5.41, 5.74) is 1.77. The Hall–Kier alpha value is -2.44. The summed E-state index contributed by atoms with van der Waals surface area (Å²) in [6.45, 7) is 1.82. The van der Waals surface area contributed by atoms with Crippen LogP contribution in [0.3, 0.4) is 0 Å².